The summed E-state index contributed by atoms with van der Waals surface area (Å²) in [6.45, 7) is 2.74. The molecule has 0 saturated carbocycles. The molecule has 21 heavy (non-hydrogen) atoms. The summed E-state index contributed by atoms with van der Waals surface area (Å²) < 4.78 is 16.5. The summed E-state index contributed by atoms with van der Waals surface area (Å²) >= 11 is 0. The Kier molecular flexibility index (Phi) is 5.21. The van der Waals surface area contributed by atoms with E-state index in [2.05, 4.69) is 0 Å². The molecular formula is C17H18O4. The zero-order valence-electron chi connectivity index (χ0n) is 12.2. The summed E-state index contributed by atoms with van der Waals surface area (Å²) in [6.07, 6.45) is 0.767. The number of methoxy groups -OCH3 is 1. The second-order valence-corrected chi connectivity index (χ2v) is 4.37. The second kappa shape index (κ2) is 7.33. The summed E-state index contributed by atoms with van der Waals surface area (Å²) in [5.41, 5.74) is 1.43. The Morgan fingerprint density at radius 3 is 2.62 bits per heavy atom. The molecule has 0 aromatic heterocycles. The van der Waals surface area contributed by atoms with Crippen LogP contribution in [0.4, 0.5) is 0 Å². The maximum atomic E-state index is 11.1. The van der Waals surface area contributed by atoms with E-state index in [0.717, 1.165) is 17.6 Å². The van der Waals surface area contributed by atoms with Crippen molar-refractivity contribution in [3.63, 3.8) is 0 Å². The zero-order valence-corrected chi connectivity index (χ0v) is 12.2. The number of benzene rings is 2. The summed E-state index contributed by atoms with van der Waals surface area (Å²) in [7, 11) is 1.62. The molecule has 110 valence electrons. The van der Waals surface area contributed by atoms with Crippen LogP contribution in [0.1, 0.15) is 22.8 Å². The van der Waals surface area contributed by atoms with Gasteiger partial charge in [0.15, 0.2) is 17.8 Å². The van der Waals surface area contributed by atoms with Crippen LogP contribution in [-0.4, -0.2) is 20.0 Å². The predicted octanol–water partition coefficient (Wildman–Crippen LogP) is 3.49. The molecule has 0 radical (unpaired) electrons. The Labute approximate surface area is 124 Å². The van der Waals surface area contributed by atoms with E-state index in [1.54, 1.807) is 25.3 Å². The highest BCUT2D eigenvalue weighted by Crippen LogP contribution is 2.31. The third-order valence-electron chi connectivity index (χ3n) is 2.95. The molecule has 0 fully saturated rings. The highest BCUT2D eigenvalue weighted by molar-refractivity contribution is 5.81. The van der Waals surface area contributed by atoms with Crippen LogP contribution in [0.2, 0.25) is 0 Å². The average Bonchev–Trinajstić information content (AvgIpc) is 2.54. The molecule has 0 heterocycles. The Hall–Kier alpha value is -2.49. The van der Waals surface area contributed by atoms with E-state index in [-0.39, 0.29) is 0 Å². The highest BCUT2D eigenvalue weighted by atomic mass is 16.5. The SMILES string of the molecule is CCOc1cccc(C=O)c1OCc1cccc(OC)c1. The standard InChI is InChI=1S/C17H18O4/c1-3-20-16-9-5-7-14(11-18)17(16)21-12-13-6-4-8-15(10-13)19-2/h4-11H,3,12H2,1-2H3. The van der Waals surface area contributed by atoms with Gasteiger partial charge in [-0.3, -0.25) is 4.79 Å². The van der Waals surface area contributed by atoms with Gasteiger partial charge in [-0.1, -0.05) is 18.2 Å². The van der Waals surface area contributed by atoms with Crippen LogP contribution in [0, 0.1) is 0 Å². The van der Waals surface area contributed by atoms with Crippen molar-refractivity contribution in [1.29, 1.82) is 0 Å². The van der Waals surface area contributed by atoms with Crippen molar-refractivity contribution in [3.05, 3.63) is 53.6 Å². The van der Waals surface area contributed by atoms with Gasteiger partial charge in [0.1, 0.15) is 12.4 Å². The Morgan fingerprint density at radius 1 is 1.10 bits per heavy atom. The molecule has 0 bridgehead atoms. The van der Waals surface area contributed by atoms with Crippen molar-refractivity contribution >= 4 is 6.29 Å². The van der Waals surface area contributed by atoms with Crippen molar-refractivity contribution < 1.29 is 19.0 Å². The lowest BCUT2D eigenvalue weighted by atomic mass is 10.2. The van der Waals surface area contributed by atoms with Gasteiger partial charge in [-0.25, -0.2) is 0 Å². The zero-order chi connectivity index (χ0) is 15.1. The van der Waals surface area contributed by atoms with E-state index in [9.17, 15) is 4.79 Å². The van der Waals surface area contributed by atoms with Crippen LogP contribution in [0.25, 0.3) is 0 Å². The molecule has 0 spiro atoms. The van der Waals surface area contributed by atoms with Gasteiger partial charge in [-0.05, 0) is 36.8 Å². The minimum atomic E-state index is 0.335. The van der Waals surface area contributed by atoms with Crippen LogP contribution in [-0.2, 0) is 6.61 Å². The van der Waals surface area contributed by atoms with Crippen LogP contribution in [0.5, 0.6) is 17.2 Å². The summed E-state index contributed by atoms with van der Waals surface area (Å²) in [4.78, 5) is 11.1. The van der Waals surface area contributed by atoms with Crippen LogP contribution >= 0.6 is 0 Å². The van der Waals surface area contributed by atoms with Gasteiger partial charge in [0.05, 0.1) is 19.3 Å². The van der Waals surface area contributed by atoms with Gasteiger partial charge < -0.3 is 14.2 Å². The predicted molar refractivity (Wildman–Crippen MR) is 80.3 cm³/mol. The number of aldehydes is 1. The van der Waals surface area contributed by atoms with Gasteiger partial charge in [0, 0.05) is 0 Å². The molecular weight excluding hydrogens is 268 g/mol. The van der Waals surface area contributed by atoms with E-state index < -0.39 is 0 Å². The van der Waals surface area contributed by atoms with Crippen LogP contribution < -0.4 is 14.2 Å². The summed E-state index contributed by atoms with van der Waals surface area (Å²) in [5.74, 6) is 1.81. The number of rotatable bonds is 7. The van der Waals surface area contributed by atoms with E-state index in [1.165, 1.54) is 0 Å². The van der Waals surface area contributed by atoms with Crippen molar-refractivity contribution in [2.45, 2.75) is 13.5 Å². The van der Waals surface area contributed by atoms with Crippen LogP contribution in [0.3, 0.4) is 0 Å². The van der Waals surface area contributed by atoms with E-state index >= 15 is 0 Å². The van der Waals surface area contributed by atoms with E-state index in [0.29, 0.717) is 30.3 Å². The van der Waals surface area contributed by atoms with Crippen molar-refractivity contribution in [2.75, 3.05) is 13.7 Å². The first-order valence-corrected chi connectivity index (χ1v) is 6.75. The largest absolute Gasteiger partial charge is 0.497 e. The Balaban J connectivity index is 2.19. The van der Waals surface area contributed by atoms with Crippen LogP contribution in [0.15, 0.2) is 42.5 Å². The van der Waals surface area contributed by atoms with Gasteiger partial charge in [0.2, 0.25) is 0 Å². The normalized spacial score (nSPS) is 10.0. The van der Waals surface area contributed by atoms with Gasteiger partial charge in [-0.2, -0.15) is 0 Å². The van der Waals surface area contributed by atoms with Gasteiger partial charge >= 0.3 is 0 Å². The minimum Gasteiger partial charge on any atom is -0.497 e. The second-order valence-electron chi connectivity index (χ2n) is 4.37. The lowest BCUT2D eigenvalue weighted by molar-refractivity contribution is 0.111. The maximum Gasteiger partial charge on any atom is 0.172 e. The fraction of sp³-hybridized carbons (Fsp3) is 0.235. The first-order chi connectivity index (χ1) is 10.3. The lowest BCUT2D eigenvalue weighted by Crippen LogP contribution is -2.02. The van der Waals surface area contributed by atoms with Gasteiger partial charge in [0.25, 0.3) is 0 Å². The summed E-state index contributed by atoms with van der Waals surface area (Å²) in [6, 6.07) is 12.9. The molecule has 0 aliphatic rings. The molecule has 0 N–H and O–H groups in total. The number of hydrogen-bond acceptors (Lipinski definition) is 4. The quantitative estimate of drug-likeness (QED) is 0.731. The minimum absolute atomic E-state index is 0.335. The molecule has 2 aromatic carbocycles. The molecule has 2 rings (SSSR count). The average molecular weight is 286 g/mol. The first kappa shape index (κ1) is 14.9. The fourth-order valence-electron chi connectivity index (χ4n) is 1.97. The molecule has 4 nitrogen and oxygen atoms in total. The summed E-state index contributed by atoms with van der Waals surface area (Å²) in [5, 5.41) is 0. The fourth-order valence-corrected chi connectivity index (χ4v) is 1.97. The number of carbonyl (C=O) groups excluding carboxylic acids is 1. The Morgan fingerprint density at radius 2 is 1.90 bits per heavy atom. The lowest BCUT2D eigenvalue weighted by Gasteiger charge is -2.14. The number of carbonyl (C=O) groups is 1. The third kappa shape index (κ3) is 3.75. The number of ether oxygens (including phenoxy) is 3. The molecule has 2 aromatic rings. The molecule has 4 heteroatoms. The third-order valence-corrected chi connectivity index (χ3v) is 2.95. The monoisotopic (exact) mass is 286 g/mol. The number of hydrogen-bond donors (Lipinski definition) is 0. The molecule has 0 unspecified atom stereocenters. The molecule has 0 saturated heterocycles. The van der Waals surface area contributed by atoms with Gasteiger partial charge in [-0.15, -0.1) is 0 Å². The molecule has 0 aliphatic heterocycles. The topological polar surface area (TPSA) is 44.8 Å². The highest BCUT2D eigenvalue weighted by Gasteiger charge is 2.11. The van der Waals surface area contributed by atoms with E-state index in [1.807, 2.05) is 31.2 Å². The Bertz CT molecular complexity index is 607. The smallest absolute Gasteiger partial charge is 0.172 e. The number of para-hydroxylation sites is 1. The van der Waals surface area contributed by atoms with Crippen molar-refractivity contribution in [1.82, 2.24) is 0 Å². The van der Waals surface area contributed by atoms with Crippen molar-refractivity contribution in [3.8, 4) is 17.2 Å². The molecule has 0 atom stereocenters. The van der Waals surface area contributed by atoms with Crippen molar-refractivity contribution in [2.24, 2.45) is 0 Å². The molecule has 0 aliphatic carbocycles. The first-order valence-electron chi connectivity index (χ1n) is 6.75. The molecule has 0 amide bonds. The maximum absolute atomic E-state index is 11.1. The van der Waals surface area contributed by atoms with E-state index in [4.69, 9.17) is 14.2 Å².